The highest BCUT2D eigenvalue weighted by Crippen LogP contribution is 2.26. The van der Waals surface area contributed by atoms with Crippen LogP contribution in [-0.2, 0) is 27.2 Å². The van der Waals surface area contributed by atoms with Crippen LogP contribution in [0.1, 0.15) is 30.9 Å². The molecule has 1 aliphatic carbocycles. The first-order chi connectivity index (χ1) is 10.2. The van der Waals surface area contributed by atoms with Crippen molar-refractivity contribution in [2.45, 2.75) is 32.6 Å². The number of aryl methyl sites for hydroxylation is 1. The van der Waals surface area contributed by atoms with Crippen LogP contribution in [0.25, 0.3) is 0 Å². The smallest absolute Gasteiger partial charge is 0.325 e. The number of hydrogen-bond donors (Lipinski definition) is 0. The second-order valence-electron chi connectivity index (χ2n) is 5.54. The molecular formula is C17H23NO3. The van der Waals surface area contributed by atoms with E-state index in [0.29, 0.717) is 6.54 Å². The molecule has 1 aromatic carbocycles. The lowest BCUT2D eigenvalue weighted by Crippen LogP contribution is -2.42. The summed E-state index contributed by atoms with van der Waals surface area (Å²) in [4.78, 5) is 25.8. The Morgan fingerprint density at radius 3 is 2.67 bits per heavy atom. The van der Waals surface area contributed by atoms with Crippen molar-refractivity contribution in [2.24, 2.45) is 5.92 Å². The van der Waals surface area contributed by atoms with Gasteiger partial charge in [0, 0.05) is 12.5 Å². The molecule has 21 heavy (non-hydrogen) atoms. The maximum absolute atomic E-state index is 12.7. The first kappa shape index (κ1) is 15.5. The fourth-order valence-corrected chi connectivity index (χ4v) is 2.92. The van der Waals surface area contributed by atoms with E-state index in [0.717, 1.165) is 25.7 Å². The van der Waals surface area contributed by atoms with Crippen molar-refractivity contribution in [1.82, 2.24) is 4.90 Å². The summed E-state index contributed by atoms with van der Waals surface area (Å²) in [6.45, 7) is 2.67. The molecule has 0 aromatic heterocycles. The average Bonchev–Trinajstić information content (AvgIpc) is 2.53. The largest absolute Gasteiger partial charge is 0.468 e. The summed E-state index contributed by atoms with van der Waals surface area (Å²) < 4.78 is 4.69. The quantitative estimate of drug-likeness (QED) is 0.781. The molecule has 0 saturated carbocycles. The van der Waals surface area contributed by atoms with Crippen LogP contribution in [0.5, 0.6) is 0 Å². The summed E-state index contributed by atoms with van der Waals surface area (Å²) in [5.74, 6) is -0.291. The maximum atomic E-state index is 12.7. The standard InChI is InChI=1S/C17H23NO3/c1-3-10-18(12-16(19)21-2)17(20)15-9-8-13-6-4-5-7-14(13)11-15/h4-7,15H,3,8-12H2,1-2H3. The molecule has 0 saturated heterocycles. The molecule has 0 bridgehead atoms. The lowest BCUT2D eigenvalue weighted by molar-refractivity contribution is -0.148. The third kappa shape index (κ3) is 3.84. The van der Waals surface area contributed by atoms with Gasteiger partial charge in [0.2, 0.25) is 5.91 Å². The number of benzene rings is 1. The van der Waals surface area contributed by atoms with Crippen molar-refractivity contribution in [2.75, 3.05) is 20.2 Å². The van der Waals surface area contributed by atoms with Crippen LogP contribution in [0.15, 0.2) is 24.3 Å². The third-order valence-corrected chi connectivity index (χ3v) is 4.05. The van der Waals surface area contributed by atoms with E-state index in [1.807, 2.05) is 19.1 Å². The molecule has 4 heteroatoms. The van der Waals surface area contributed by atoms with Gasteiger partial charge in [0.1, 0.15) is 6.54 Å². The predicted molar refractivity (Wildman–Crippen MR) is 80.8 cm³/mol. The summed E-state index contributed by atoms with van der Waals surface area (Å²) in [5.41, 5.74) is 2.60. The van der Waals surface area contributed by atoms with Crippen molar-refractivity contribution in [3.05, 3.63) is 35.4 Å². The normalized spacial score (nSPS) is 17.0. The van der Waals surface area contributed by atoms with Gasteiger partial charge in [-0.3, -0.25) is 9.59 Å². The van der Waals surface area contributed by atoms with Gasteiger partial charge in [-0.1, -0.05) is 31.2 Å². The molecule has 0 fully saturated rings. The zero-order valence-corrected chi connectivity index (χ0v) is 12.8. The fourth-order valence-electron chi connectivity index (χ4n) is 2.92. The second-order valence-corrected chi connectivity index (χ2v) is 5.54. The van der Waals surface area contributed by atoms with E-state index in [-0.39, 0.29) is 24.3 Å². The Labute approximate surface area is 126 Å². The van der Waals surface area contributed by atoms with Crippen molar-refractivity contribution >= 4 is 11.9 Å². The van der Waals surface area contributed by atoms with Crippen LogP contribution < -0.4 is 0 Å². The van der Waals surface area contributed by atoms with Gasteiger partial charge in [-0.25, -0.2) is 0 Å². The topological polar surface area (TPSA) is 46.6 Å². The van der Waals surface area contributed by atoms with Crippen molar-refractivity contribution < 1.29 is 14.3 Å². The Balaban J connectivity index is 2.06. The number of ether oxygens (including phenoxy) is 1. The molecule has 0 N–H and O–H groups in total. The van der Waals surface area contributed by atoms with Gasteiger partial charge in [0.15, 0.2) is 0 Å². The van der Waals surface area contributed by atoms with Crippen LogP contribution in [0.3, 0.4) is 0 Å². The molecule has 0 spiro atoms. The van der Waals surface area contributed by atoms with E-state index in [1.54, 1.807) is 4.90 Å². The molecule has 114 valence electrons. The number of nitrogens with zero attached hydrogens (tertiary/aromatic N) is 1. The van der Waals surface area contributed by atoms with E-state index >= 15 is 0 Å². The highest BCUT2D eigenvalue weighted by atomic mass is 16.5. The van der Waals surface area contributed by atoms with Gasteiger partial charge in [-0.2, -0.15) is 0 Å². The Kier molecular flexibility index (Phi) is 5.37. The van der Waals surface area contributed by atoms with Crippen LogP contribution in [0, 0.1) is 5.92 Å². The molecule has 0 aliphatic heterocycles. The monoisotopic (exact) mass is 289 g/mol. The molecule has 1 aromatic rings. The van der Waals surface area contributed by atoms with Gasteiger partial charge in [-0.15, -0.1) is 0 Å². The Morgan fingerprint density at radius 1 is 1.29 bits per heavy atom. The summed E-state index contributed by atoms with van der Waals surface area (Å²) in [7, 11) is 1.35. The summed E-state index contributed by atoms with van der Waals surface area (Å²) in [5, 5.41) is 0. The van der Waals surface area contributed by atoms with Crippen LogP contribution in [0.4, 0.5) is 0 Å². The highest BCUT2D eigenvalue weighted by Gasteiger charge is 2.29. The summed E-state index contributed by atoms with van der Waals surface area (Å²) >= 11 is 0. The molecule has 4 nitrogen and oxygen atoms in total. The van der Waals surface area contributed by atoms with Crippen LogP contribution in [0.2, 0.25) is 0 Å². The van der Waals surface area contributed by atoms with E-state index in [9.17, 15) is 9.59 Å². The molecule has 1 aliphatic rings. The fraction of sp³-hybridized carbons (Fsp3) is 0.529. The number of esters is 1. The van der Waals surface area contributed by atoms with Crippen LogP contribution in [-0.4, -0.2) is 37.0 Å². The lowest BCUT2D eigenvalue weighted by Gasteiger charge is -2.29. The summed E-state index contributed by atoms with van der Waals surface area (Å²) in [6.07, 6.45) is 3.41. The molecule has 2 rings (SSSR count). The molecule has 1 unspecified atom stereocenters. The number of methoxy groups -OCH3 is 1. The minimum Gasteiger partial charge on any atom is -0.468 e. The van der Waals surface area contributed by atoms with Gasteiger partial charge >= 0.3 is 5.97 Å². The number of carbonyl (C=O) groups is 2. The first-order valence-corrected chi connectivity index (χ1v) is 7.58. The van der Waals surface area contributed by atoms with Gasteiger partial charge in [-0.05, 0) is 36.8 Å². The molecule has 0 heterocycles. The number of amides is 1. The number of rotatable bonds is 5. The van der Waals surface area contributed by atoms with Crippen molar-refractivity contribution in [1.29, 1.82) is 0 Å². The number of carbonyl (C=O) groups excluding carboxylic acids is 2. The summed E-state index contributed by atoms with van der Waals surface area (Å²) in [6, 6.07) is 8.29. The zero-order valence-electron chi connectivity index (χ0n) is 12.8. The lowest BCUT2D eigenvalue weighted by atomic mass is 9.83. The molecule has 1 atom stereocenters. The van der Waals surface area contributed by atoms with Crippen molar-refractivity contribution in [3.8, 4) is 0 Å². The van der Waals surface area contributed by atoms with E-state index < -0.39 is 0 Å². The average molecular weight is 289 g/mol. The number of fused-ring (bicyclic) bond motifs is 1. The molecule has 0 radical (unpaired) electrons. The maximum Gasteiger partial charge on any atom is 0.325 e. The first-order valence-electron chi connectivity index (χ1n) is 7.58. The number of hydrogen-bond acceptors (Lipinski definition) is 3. The zero-order chi connectivity index (χ0) is 15.2. The Morgan fingerprint density at radius 2 is 2.00 bits per heavy atom. The minimum atomic E-state index is -0.354. The minimum absolute atomic E-state index is 0.0175. The second kappa shape index (κ2) is 7.25. The predicted octanol–water partition coefficient (Wildman–Crippen LogP) is 2.20. The molecule has 1 amide bonds. The molecular weight excluding hydrogens is 266 g/mol. The van der Waals surface area contributed by atoms with E-state index in [2.05, 4.69) is 16.9 Å². The third-order valence-electron chi connectivity index (χ3n) is 4.05. The van der Waals surface area contributed by atoms with Crippen molar-refractivity contribution in [3.63, 3.8) is 0 Å². The van der Waals surface area contributed by atoms with Gasteiger partial charge in [0.25, 0.3) is 0 Å². The van der Waals surface area contributed by atoms with Gasteiger partial charge < -0.3 is 9.64 Å². The van der Waals surface area contributed by atoms with Crippen LogP contribution >= 0.6 is 0 Å². The van der Waals surface area contributed by atoms with Gasteiger partial charge in [0.05, 0.1) is 7.11 Å². The highest BCUT2D eigenvalue weighted by molar-refractivity contribution is 5.84. The Bertz CT molecular complexity index is 513. The Hall–Kier alpha value is -1.84. The SMILES string of the molecule is CCCN(CC(=O)OC)C(=O)C1CCc2ccccc2C1. The van der Waals surface area contributed by atoms with E-state index in [4.69, 9.17) is 0 Å². The van der Waals surface area contributed by atoms with E-state index in [1.165, 1.54) is 18.2 Å².